The van der Waals surface area contributed by atoms with Gasteiger partial charge in [-0.05, 0) is 27.2 Å². The minimum absolute atomic E-state index is 0.00436. The molecule has 30 heavy (non-hydrogen) atoms. The summed E-state index contributed by atoms with van der Waals surface area (Å²) < 4.78 is 7.97. The molecule has 0 aromatic carbocycles. The lowest BCUT2D eigenvalue weighted by atomic mass is 10.0. The third-order valence-corrected chi connectivity index (χ3v) is 5.35. The minimum Gasteiger partial charge on any atom is -0.394 e. The molecular formula is C20H36N6O4. The van der Waals surface area contributed by atoms with Gasteiger partial charge in [-0.2, -0.15) is 0 Å². The van der Waals surface area contributed by atoms with Gasteiger partial charge in [0.25, 0.3) is 0 Å². The van der Waals surface area contributed by atoms with E-state index in [1.54, 1.807) is 27.7 Å². The molecule has 3 atom stereocenters. The molecule has 0 saturated carbocycles. The molecule has 0 fully saturated rings. The number of fused-ring (bicyclic) bond motifs is 1. The van der Waals surface area contributed by atoms with Crippen molar-refractivity contribution in [1.82, 2.24) is 30.1 Å². The zero-order valence-corrected chi connectivity index (χ0v) is 18.7. The lowest BCUT2D eigenvalue weighted by Gasteiger charge is -2.35. The summed E-state index contributed by atoms with van der Waals surface area (Å²) in [6, 6.07) is -0.420. The first-order chi connectivity index (χ1) is 14.2. The van der Waals surface area contributed by atoms with Crippen molar-refractivity contribution in [1.29, 1.82) is 0 Å². The molecule has 10 nitrogen and oxygen atoms in total. The van der Waals surface area contributed by atoms with Gasteiger partial charge < -0.3 is 25.0 Å². The molecule has 2 rings (SSSR count). The topological polar surface area (TPSA) is 113 Å². The lowest BCUT2D eigenvalue weighted by Crippen LogP contribution is -2.49. The Labute approximate surface area is 178 Å². The number of carbonyl (C=O) groups excluding carboxylic acids is 2. The van der Waals surface area contributed by atoms with Crippen LogP contribution in [0.5, 0.6) is 0 Å². The van der Waals surface area contributed by atoms with Crippen molar-refractivity contribution in [3.63, 3.8) is 0 Å². The standard InChI is InChI=1S/C20H36N6O4/c1-14(2)22-20(29)24(5)11-18-15(3)10-25(16(4)12-27)19(28)7-6-8-26-17(13-30-18)9-21-23-26/h9,14-16,18,27H,6-8,10-13H2,1-5H3,(H,22,29)/t15-,16-,18+/m0/s1. The summed E-state index contributed by atoms with van der Waals surface area (Å²) in [6.45, 7) is 9.28. The fourth-order valence-electron chi connectivity index (χ4n) is 3.46. The van der Waals surface area contributed by atoms with E-state index >= 15 is 0 Å². The SMILES string of the molecule is CC(C)NC(=O)N(C)C[C@H]1OCc2cnnn2CCCC(=O)N([C@@H](C)CO)C[C@@H]1C. The van der Waals surface area contributed by atoms with Gasteiger partial charge in [0, 0.05) is 45.1 Å². The van der Waals surface area contributed by atoms with E-state index in [0.717, 1.165) is 5.69 Å². The van der Waals surface area contributed by atoms with E-state index in [0.29, 0.717) is 39.1 Å². The second-order valence-electron chi connectivity index (χ2n) is 8.44. The van der Waals surface area contributed by atoms with E-state index in [-0.39, 0.29) is 42.7 Å². The van der Waals surface area contributed by atoms with Crippen molar-refractivity contribution < 1.29 is 19.4 Å². The second-order valence-corrected chi connectivity index (χ2v) is 8.44. The molecule has 1 aromatic rings. The van der Waals surface area contributed by atoms with Gasteiger partial charge in [0.15, 0.2) is 0 Å². The van der Waals surface area contributed by atoms with Gasteiger partial charge in [0.05, 0.1) is 37.3 Å². The van der Waals surface area contributed by atoms with Crippen molar-refractivity contribution in [2.24, 2.45) is 5.92 Å². The Morgan fingerprint density at radius 3 is 2.83 bits per heavy atom. The maximum Gasteiger partial charge on any atom is 0.317 e. The smallest absolute Gasteiger partial charge is 0.317 e. The van der Waals surface area contributed by atoms with Crippen LogP contribution in [-0.2, 0) is 22.7 Å². The summed E-state index contributed by atoms with van der Waals surface area (Å²) in [5.74, 6) is -0.0590. The second kappa shape index (κ2) is 11.3. The average Bonchev–Trinajstić information content (AvgIpc) is 3.14. The number of nitrogens with one attached hydrogen (secondary N) is 1. The van der Waals surface area contributed by atoms with Gasteiger partial charge >= 0.3 is 6.03 Å². The van der Waals surface area contributed by atoms with Crippen molar-refractivity contribution >= 4 is 11.9 Å². The quantitative estimate of drug-likeness (QED) is 0.725. The molecule has 170 valence electrons. The predicted octanol–water partition coefficient (Wildman–Crippen LogP) is 0.852. The van der Waals surface area contributed by atoms with Gasteiger partial charge in [-0.1, -0.05) is 12.1 Å². The third-order valence-electron chi connectivity index (χ3n) is 5.35. The number of ether oxygens (including phenoxy) is 1. The first-order valence-corrected chi connectivity index (χ1v) is 10.6. The van der Waals surface area contributed by atoms with Crippen LogP contribution in [0, 0.1) is 5.92 Å². The van der Waals surface area contributed by atoms with Gasteiger partial charge in [-0.25, -0.2) is 9.48 Å². The molecule has 1 aliphatic rings. The van der Waals surface area contributed by atoms with Crippen molar-refractivity contribution in [3.8, 4) is 0 Å². The van der Waals surface area contributed by atoms with Crippen molar-refractivity contribution in [2.45, 2.75) is 71.9 Å². The molecule has 1 aliphatic heterocycles. The molecule has 0 saturated heterocycles. The van der Waals surface area contributed by atoms with Gasteiger partial charge in [0.2, 0.25) is 5.91 Å². The number of aliphatic hydroxyl groups excluding tert-OH is 1. The molecule has 10 heteroatoms. The van der Waals surface area contributed by atoms with Crippen LogP contribution < -0.4 is 5.32 Å². The highest BCUT2D eigenvalue weighted by Crippen LogP contribution is 2.18. The number of carbonyl (C=O) groups is 2. The van der Waals surface area contributed by atoms with Crippen LogP contribution in [0.3, 0.4) is 0 Å². The Hall–Kier alpha value is -2.20. The Morgan fingerprint density at radius 1 is 1.43 bits per heavy atom. The highest BCUT2D eigenvalue weighted by atomic mass is 16.5. The van der Waals surface area contributed by atoms with Crippen LogP contribution in [0.2, 0.25) is 0 Å². The third kappa shape index (κ3) is 6.66. The summed E-state index contributed by atoms with van der Waals surface area (Å²) in [4.78, 5) is 28.5. The number of rotatable bonds is 5. The number of urea groups is 1. The van der Waals surface area contributed by atoms with E-state index in [9.17, 15) is 14.7 Å². The summed E-state index contributed by atoms with van der Waals surface area (Å²) in [6.07, 6.45) is 2.38. The summed E-state index contributed by atoms with van der Waals surface area (Å²) >= 11 is 0. The molecule has 0 unspecified atom stereocenters. The fraction of sp³-hybridized carbons (Fsp3) is 0.800. The summed E-state index contributed by atoms with van der Waals surface area (Å²) in [5.41, 5.74) is 0.843. The number of aliphatic hydroxyl groups is 1. The van der Waals surface area contributed by atoms with Crippen LogP contribution in [0.1, 0.15) is 46.2 Å². The molecule has 0 bridgehead atoms. The zero-order chi connectivity index (χ0) is 22.3. The van der Waals surface area contributed by atoms with Gasteiger partial charge in [-0.15, -0.1) is 5.10 Å². The fourth-order valence-corrected chi connectivity index (χ4v) is 3.46. The van der Waals surface area contributed by atoms with Crippen LogP contribution in [-0.4, -0.2) is 86.8 Å². The molecular weight excluding hydrogens is 388 g/mol. The van der Waals surface area contributed by atoms with Crippen LogP contribution in [0.4, 0.5) is 4.79 Å². The number of hydrogen-bond donors (Lipinski definition) is 2. The Kier molecular flexibility index (Phi) is 9.04. The number of aryl methyl sites for hydroxylation is 1. The normalized spacial score (nSPS) is 22.1. The number of hydrogen-bond acceptors (Lipinski definition) is 6. The van der Waals surface area contributed by atoms with Crippen molar-refractivity contribution in [2.75, 3.05) is 26.7 Å². The van der Waals surface area contributed by atoms with Crippen LogP contribution in [0.25, 0.3) is 0 Å². The molecule has 0 spiro atoms. The van der Waals surface area contributed by atoms with Gasteiger partial charge in [0.1, 0.15) is 0 Å². The Bertz CT molecular complexity index is 695. The maximum absolute atomic E-state index is 12.8. The summed E-state index contributed by atoms with van der Waals surface area (Å²) in [5, 5.41) is 20.6. The van der Waals surface area contributed by atoms with E-state index in [2.05, 4.69) is 15.6 Å². The first-order valence-electron chi connectivity index (χ1n) is 10.6. The maximum atomic E-state index is 12.8. The highest BCUT2D eigenvalue weighted by molar-refractivity contribution is 5.76. The Morgan fingerprint density at radius 2 is 2.17 bits per heavy atom. The molecule has 0 radical (unpaired) electrons. The molecule has 2 N–H and O–H groups in total. The van der Waals surface area contributed by atoms with Crippen molar-refractivity contribution in [3.05, 3.63) is 11.9 Å². The van der Waals surface area contributed by atoms with E-state index in [4.69, 9.17) is 4.74 Å². The number of nitrogens with zero attached hydrogens (tertiary/aromatic N) is 5. The lowest BCUT2D eigenvalue weighted by molar-refractivity contribution is -0.136. The Balaban J connectivity index is 2.22. The first kappa shape index (κ1) is 24.1. The van der Waals surface area contributed by atoms with E-state index < -0.39 is 0 Å². The monoisotopic (exact) mass is 424 g/mol. The molecule has 2 heterocycles. The minimum atomic E-state index is -0.308. The van der Waals surface area contributed by atoms with Crippen LogP contribution >= 0.6 is 0 Å². The molecule has 3 amide bonds. The molecule has 1 aromatic heterocycles. The predicted molar refractivity (Wildman–Crippen MR) is 112 cm³/mol. The average molecular weight is 425 g/mol. The summed E-state index contributed by atoms with van der Waals surface area (Å²) in [7, 11) is 1.73. The largest absolute Gasteiger partial charge is 0.394 e. The molecule has 0 aliphatic carbocycles. The van der Waals surface area contributed by atoms with E-state index in [1.807, 2.05) is 27.7 Å². The number of amides is 3. The van der Waals surface area contributed by atoms with Crippen LogP contribution in [0.15, 0.2) is 6.20 Å². The highest BCUT2D eigenvalue weighted by Gasteiger charge is 2.29. The van der Waals surface area contributed by atoms with Gasteiger partial charge in [-0.3, -0.25) is 4.79 Å². The zero-order valence-electron chi connectivity index (χ0n) is 18.7. The number of aromatic nitrogens is 3. The number of likely N-dealkylation sites (N-methyl/N-ethyl adjacent to an activating group) is 1. The van der Waals surface area contributed by atoms with E-state index in [1.165, 1.54) is 0 Å².